The molecule has 0 N–H and O–H groups in total. The Balaban J connectivity index is 3.99. The van der Waals surface area contributed by atoms with Gasteiger partial charge < -0.3 is 9.47 Å². The molecule has 1 atom stereocenters. The first kappa shape index (κ1) is 12.4. The van der Waals surface area contributed by atoms with Crippen molar-refractivity contribution in [3.8, 4) is 0 Å². The lowest BCUT2D eigenvalue weighted by Gasteiger charge is -2.24. The lowest BCUT2D eigenvalue weighted by molar-refractivity contribution is -0.187. The molecule has 13 heavy (non-hydrogen) atoms. The summed E-state index contributed by atoms with van der Waals surface area (Å²) in [6.07, 6.45) is -1.35. The number of ether oxygens (including phenoxy) is 2. The third-order valence-electron chi connectivity index (χ3n) is 1.75. The number of halogens is 1. The van der Waals surface area contributed by atoms with E-state index in [1.165, 1.54) is 0 Å². The highest BCUT2D eigenvalue weighted by Crippen LogP contribution is 2.17. The molecule has 0 aliphatic heterocycles. The fourth-order valence-electron chi connectivity index (χ4n) is 0.619. The predicted octanol–water partition coefficient (Wildman–Crippen LogP) is 2.05. The summed E-state index contributed by atoms with van der Waals surface area (Å²) in [4.78, 5) is 10.8. The van der Waals surface area contributed by atoms with Crippen molar-refractivity contribution in [1.82, 2.24) is 0 Å². The second kappa shape index (κ2) is 5.17. The molecule has 0 aliphatic carbocycles. The van der Waals surface area contributed by atoms with Gasteiger partial charge in [-0.2, -0.15) is 0 Å². The molecular weight excluding hydrogens is 175 g/mol. The molecule has 0 aliphatic rings. The van der Waals surface area contributed by atoms with E-state index in [9.17, 15) is 9.18 Å². The molecule has 0 spiro atoms. The van der Waals surface area contributed by atoms with Gasteiger partial charge in [-0.1, -0.05) is 6.92 Å². The largest absolute Gasteiger partial charge is 0.462 e. The van der Waals surface area contributed by atoms with Gasteiger partial charge in [-0.05, 0) is 27.2 Å². The summed E-state index contributed by atoms with van der Waals surface area (Å²) in [7, 11) is 0. The standard InChI is InChI=1S/C9H17FO3/c1-5-9(3,4)13-7(10)8(11)12-6-2/h7H,5-6H2,1-4H3. The Kier molecular flexibility index (Phi) is 4.91. The minimum absolute atomic E-state index is 0.162. The van der Waals surface area contributed by atoms with Crippen LogP contribution < -0.4 is 0 Å². The summed E-state index contributed by atoms with van der Waals surface area (Å²) in [6, 6.07) is 0. The van der Waals surface area contributed by atoms with Crippen LogP contribution in [0.15, 0.2) is 0 Å². The second-order valence-electron chi connectivity index (χ2n) is 3.30. The highest BCUT2D eigenvalue weighted by molar-refractivity contribution is 5.72. The van der Waals surface area contributed by atoms with Crippen molar-refractivity contribution in [1.29, 1.82) is 0 Å². The Morgan fingerprint density at radius 2 is 2.00 bits per heavy atom. The summed E-state index contributed by atoms with van der Waals surface area (Å²) >= 11 is 0. The van der Waals surface area contributed by atoms with Crippen LogP contribution in [0.1, 0.15) is 34.1 Å². The Hall–Kier alpha value is -0.640. The SMILES string of the molecule is CCOC(=O)C(F)OC(C)(C)CC. The quantitative estimate of drug-likeness (QED) is 0.625. The first-order chi connectivity index (χ1) is 5.93. The number of hydrogen-bond acceptors (Lipinski definition) is 3. The molecule has 3 nitrogen and oxygen atoms in total. The molecule has 4 heteroatoms. The molecule has 0 fully saturated rings. The first-order valence-corrected chi connectivity index (χ1v) is 4.41. The van der Waals surface area contributed by atoms with Crippen LogP contribution in [0, 0.1) is 0 Å². The van der Waals surface area contributed by atoms with Crippen LogP contribution in [0.5, 0.6) is 0 Å². The number of carbonyl (C=O) groups is 1. The maximum atomic E-state index is 13.0. The van der Waals surface area contributed by atoms with E-state index in [1.807, 2.05) is 6.92 Å². The van der Waals surface area contributed by atoms with Crippen molar-refractivity contribution in [3.63, 3.8) is 0 Å². The lowest BCUT2D eigenvalue weighted by Crippen LogP contribution is -2.33. The average molecular weight is 192 g/mol. The third kappa shape index (κ3) is 4.83. The van der Waals surface area contributed by atoms with Crippen molar-refractivity contribution in [2.75, 3.05) is 6.61 Å². The number of hydrogen-bond donors (Lipinski definition) is 0. The lowest BCUT2D eigenvalue weighted by atomic mass is 10.1. The van der Waals surface area contributed by atoms with Crippen LogP contribution in [-0.2, 0) is 14.3 Å². The molecule has 0 radical (unpaired) electrons. The van der Waals surface area contributed by atoms with Crippen molar-refractivity contribution in [2.45, 2.75) is 46.1 Å². The van der Waals surface area contributed by atoms with Gasteiger partial charge in [0.2, 0.25) is 0 Å². The van der Waals surface area contributed by atoms with Gasteiger partial charge in [-0.25, -0.2) is 9.18 Å². The topological polar surface area (TPSA) is 35.5 Å². The molecule has 0 amide bonds. The van der Waals surface area contributed by atoms with E-state index in [0.29, 0.717) is 6.42 Å². The Labute approximate surface area is 78.2 Å². The van der Waals surface area contributed by atoms with Gasteiger partial charge in [0, 0.05) is 0 Å². The fraction of sp³-hybridized carbons (Fsp3) is 0.889. The van der Waals surface area contributed by atoms with Crippen molar-refractivity contribution >= 4 is 5.97 Å². The van der Waals surface area contributed by atoms with E-state index in [4.69, 9.17) is 4.74 Å². The zero-order chi connectivity index (χ0) is 10.5. The van der Waals surface area contributed by atoms with Gasteiger partial charge in [0.1, 0.15) is 0 Å². The van der Waals surface area contributed by atoms with E-state index in [2.05, 4.69) is 4.74 Å². The van der Waals surface area contributed by atoms with E-state index in [0.717, 1.165) is 0 Å². The molecule has 0 aromatic rings. The Morgan fingerprint density at radius 3 is 2.38 bits per heavy atom. The van der Waals surface area contributed by atoms with Gasteiger partial charge in [-0.3, -0.25) is 0 Å². The third-order valence-corrected chi connectivity index (χ3v) is 1.75. The predicted molar refractivity (Wildman–Crippen MR) is 47.0 cm³/mol. The monoisotopic (exact) mass is 192 g/mol. The molecule has 0 bridgehead atoms. The summed E-state index contributed by atoms with van der Waals surface area (Å²) in [5.41, 5.74) is -0.633. The summed E-state index contributed by atoms with van der Waals surface area (Å²) in [5.74, 6) is -0.955. The summed E-state index contributed by atoms with van der Waals surface area (Å²) in [5, 5.41) is 0. The smallest absolute Gasteiger partial charge is 0.368 e. The van der Waals surface area contributed by atoms with Crippen LogP contribution >= 0.6 is 0 Å². The van der Waals surface area contributed by atoms with E-state index in [-0.39, 0.29) is 6.61 Å². The van der Waals surface area contributed by atoms with Crippen molar-refractivity contribution in [3.05, 3.63) is 0 Å². The van der Waals surface area contributed by atoms with E-state index >= 15 is 0 Å². The number of alkyl halides is 1. The van der Waals surface area contributed by atoms with Crippen LogP contribution in [0.25, 0.3) is 0 Å². The molecule has 0 aromatic heterocycles. The van der Waals surface area contributed by atoms with Crippen LogP contribution in [0.2, 0.25) is 0 Å². The number of carbonyl (C=O) groups excluding carboxylic acids is 1. The van der Waals surface area contributed by atoms with Gasteiger partial charge in [0.15, 0.2) is 0 Å². The van der Waals surface area contributed by atoms with Gasteiger partial charge in [0.25, 0.3) is 6.36 Å². The summed E-state index contributed by atoms with van der Waals surface area (Å²) < 4.78 is 22.3. The minimum atomic E-state index is -1.98. The highest BCUT2D eigenvalue weighted by Gasteiger charge is 2.27. The number of esters is 1. The first-order valence-electron chi connectivity index (χ1n) is 4.41. The van der Waals surface area contributed by atoms with Gasteiger partial charge in [-0.15, -0.1) is 0 Å². The van der Waals surface area contributed by atoms with Crippen LogP contribution in [0.4, 0.5) is 4.39 Å². The Bertz CT molecular complexity index is 168. The second-order valence-corrected chi connectivity index (χ2v) is 3.30. The molecular formula is C9H17FO3. The number of rotatable bonds is 5. The maximum absolute atomic E-state index is 13.0. The van der Waals surface area contributed by atoms with Crippen molar-refractivity contribution in [2.24, 2.45) is 0 Å². The zero-order valence-corrected chi connectivity index (χ0v) is 8.59. The average Bonchev–Trinajstić information content (AvgIpc) is 2.04. The highest BCUT2D eigenvalue weighted by atomic mass is 19.1. The molecule has 1 unspecified atom stereocenters. The fourth-order valence-corrected chi connectivity index (χ4v) is 0.619. The van der Waals surface area contributed by atoms with Crippen LogP contribution in [-0.4, -0.2) is 24.5 Å². The minimum Gasteiger partial charge on any atom is -0.462 e. The zero-order valence-electron chi connectivity index (χ0n) is 8.59. The van der Waals surface area contributed by atoms with Crippen LogP contribution in [0.3, 0.4) is 0 Å². The molecule has 78 valence electrons. The van der Waals surface area contributed by atoms with E-state index in [1.54, 1.807) is 20.8 Å². The molecule has 0 saturated heterocycles. The van der Waals surface area contributed by atoms with Gasteiger partial charge in [0.05, 0.1) is 12.2 Å². The molecule has 0 heterocycles. The molecule has 0 aromatic carbocycles. The van der Waals surface area contributed by atoms with Crippen molar-refractivity contribution < 1.29 is 18.7 Å². The van der Waals surface area contributed by atoms with Gasteiger partial charge >= 0.3 is 5.97 Å². The molecule has 0 rings (SSSR count). The van der Waals surface area contributed by atoms with E-state index < -0.39 is 17.9 Å². The maximum Gasteiger partial charge on any atom is 0.368 e. The molecule has 0 saturated carbocycles. The summed E-state index contributed by atoms with van der Waals surface area (Å²) in [6.45, 7) is 7.08. The Morgan fingerprint density at radius 1 is 1.46 bits per heavy atom. The normalized spacial score (nSPS) is 13.9.